The Morgan fingerprint density at radius 3 is 2.67 bits per heavy atom. The average Bonchev–Trinajstić information content (AvgIpc) is 2.88. The number of nitrogens with one attached hydrogen (secondary N) is 1. The van der Waals surface area contributed by atoms with Crippen molar-refractivity contribution in [2.45, 2.75) is 72.9 Å². The van der Waals surface area contributed by atoms with Crippen molar-refractivity contribution in [2.24, 2.45) is 5.41 Å². The quantitative estimate of drug-likeness (QED) is 0.760. The number of aromatic nitrogens is 3. The molecule has 1 N–H and O–H groups in total. The molecule has 0 fully saturated rings. The van der Waals surface area contributed by atoms with Crippen LogP contribution in [0.2, 0.25) is 0 Å². The second-order valence-electron chi connectivity index (χ2n) is 6.77. The normalized spacial score (nSPS) is 13.4. The van der Waals surface area contributed by atoms with Crippen LogP contribution in [0.5, 0.6) is 0 Å². The molecule has 1 heterocycles. The zero-order chi connectivity index (χ0) is 15.9. The summed E-state index contributed by atoms with van der Waals surface area (Å²) in [5.41, 5.74) is 1.36. The summed E-state index contributed by atoms with van der Waals surface area (Å²) < 4.78 is 1.86. The summed E-state index contributed by atoms with van der Waals surface area (Å²) in [6, 6.07) is -0.0288. The van der Waals surface area contributed by atoms with Crippen molar-refractivity contribution in [3.8, 4) is 0 Å². The zero-order valence-electron chi connectivity index (χ0n) is 14.1. The molecule has 5 heteroatoms. The highest BCUT2D eigenvalue weighted by Gasteiger charge is 2.14. The van der Waals surface area contributed by atoms with Crippen LogP contribution in [-0.2, 0) is 17.8 Å². The summed E-state index contributed by atoms with van der Waals surface area (Å²) in [6.45, 7) is 12.1. The third-order valence-corrected chi connectivity index (χ3v) is 3.59. The maximum Gasteiger partial charge on any atom is 0.149 e. The molecule has 1 aromatic rings. The molecule has 0 saturated heterocycles. The summed E-state index contributed by atoms with van der Waals surface area (Å²) in [6.07, 6.45) is 5.50. The van der Waals surface area contributed by atoms with Gasteiger partial charge >= 0.3 is 0 Å². The minimum Gasteiger partial charge on any atom is -0.306 e. The second kappa shape index (κ2) is 8.27. The molecular formula is C16H30N4O. The Balaban J connectivity index is 2.36. The maximum absolute atomic E-state index is 11.7. The Morgan fingerprint density at radius 2 is 2.10 bits per heavy atom. The fourth-order valence-corrected chi connectivity index (χ4v) is 2.15. The van der Waals surface area contributed by atoms with Gasteiger partial charge in [0.15, 0.2) is 0 Å². The molecule has 1 aromatic heterocycles. The lowest BCUT2D eigenvalue weighted by Gasteiger charge is -2.16. The van der Waals surface area contributed by atoms with Gasteiger partial charge in [0, 0.05) is 19.2 Å². The predicted octanol–water partition coefficient (Wildman–Crippen LogP) is 2.60. The highest BCUT2D eigenvalue weighted by atomic mass is 16.1. The molecule has 1 atom stereocenters. The molecule has 120 valence electrons. The number of hydrogen-bond acceptors (Lipinski definition) is 4. The van der Waals surface area contributed by atoms with Gasteiger partial charge in [0.2, 0.25) is 0 Å². The largest absolute Gasteiger partial charge is 0.306 e. The fourth-order valence-electron chi connectivity index (χ4n) is 2.15. The van der Waals surface area contributed by atoms with Gasteiger partial charge in [-0.25, -0.2) is 0 Å². The van der Waals surface area contributed by atoms with Crippen LogP contribution >= 0.6 is 0 Å². The van der Waals surface area contributed by atoms with Gasteiger partial charge < -0.3 is 5.32 Å². The van der Waals surface area contributed by atoms with Crippen LogP contribution in [0, 0.1) is 5.41 Å². The number of carbonyl (C=O) groups is 1. The van der Waals surface area contributed by atoms with Crippen LogP contribution in [0.25, 0.3) is 0 Å². The van der Waals surface area contributed by atoms with Crippen molar-refractivity contribution in [1.82, 2.24) is 20.3 Å². The lowest BCUT2D eigenvalue weighted by Crippen LogP contribution is -2.37. The smallest absolute Gasteiger partial charge is 0.149 e. The molecule has 1 rings (SSSR count). The molecule has 0 bridgehead atoms. The molecule has 0 aliphatic heterocycles. The first-order chi connectivity index (χ1) is 9.85. The SMILES string of the molecule is CCC(=O)C(CC)NCCn1cc(CCC(C)(C)C)nn1. The van der Waals surface area contributed by atoms with Crippen molar-refractivity contribution < 1.29 is 4.79 Å². The predicted molar refractivity (Wildman–Crippen MR) is 85.2 cm³/mol. The van der Waals surface area contributed by atoms with Crippen LogP contribution in [-0.4, -0.2) is 33.4 Å². The van der Waals surface area contributed by atoms with Gasteiger partial charge in [0.05, 0.1) is 18.3 Å². The third-order valence-electron chi connectivity index (χ3n) is 3.59. The van der Waals surface area contributed by atoms with Crippen LogP contribution in [0.15, 0.2) is 6.20 Å². The molecular weight excluding hydrogens is 264 g/mol. The van der Waals surface area contributed by atoms with Crippen LogP contribution in [0.3, 0.4) is 0 Å². The van der Waals surface area contributed by atoms with E-state index in [0.717, 1.165) is 38.0 Å². The highest BCUT2D eigenvalue weighted by molar-refractivity contribution is 5.83. The minimum atomic E-state index is -0.0288. The van der Waals surface area contributed by atoms with Crippen molar-refractivity contribution in [3.63, 3.8) is 0 Å². The topological polar surface area (TPSA) is 59.8 Å². The van der Waals surface area contributed by atoms with Gasteiger partial charge in [0.25, 0.3) is 0 Å². The van der Waals surface area contributed by atoms with E-state index in [1.807, 2.05) is 24.7 Å². The molecule has 0 saturated carbocycles. The number of Topliss-reactive ketones (excluding diaryl/α,β-unsaturated/α-hetero) is 1. The first-order valence-electron chi connectivity index (χ1n) is 8.00. The van der Waals surface area contributed by atoms with Gasteiger partial charge in [-0.2, -0.15) is 0 Å². The molecule has 0 aliphatic rings. The summed E-state index contributed by atoms with van der Waals surface area (Å²) in [5, 5.41) is 11.6. The summed E-state index contributed by atoms with van der Waals surface area (Å²) in [7, 11) is 0. The van der Waals surface area contributed by atoms with E-state index >= 15 is 0 Å². The van der Waals surface area contributed by atoms with E-state index in [2.05, 4.69) is 36.4 Å². The van der Waals surface area contributed by atoms with E-state index in [4.69, 9.17) is 0 Å². The first-order valence-corrected chi connectivity index (χ1v) is 8.00. The van der Waals surface area contributed by atoms with Gasteiger partial charge in [-0.3, -0.25) is 9.48 Å². The van der Waals surface area contributed by atoms with Gasteiger partial charge in [-0.15, -0.1) is 5.10 Å². The van der Waals surface area contributed by atoms with Crippen LogP contribution < -0.4 is 5.32 Å². The van der Waals surface area contributed by atoms with E-state index in [0.29, 0.717) is 11.8 Å². The summed E-state index contributed by atoms with van der Waals surface area (Å²) in [4.78, 5) is 11.7. The Hall–Kier alpha value is -1.23. The van der Waals surface area contributed by atoms with Gasteiger partial charge in [0.1, 0.15) is 5.78 Å². The highest BCUT2D eigenvalue weighted by Crippen LogP contribution is 2.20. The number of nitrogens with zero attached hydrogens (tertiary/aromatic N) is 3. The molecule has 1 unspecified atom stereocenters. The summed E-state index contributed by atoms with van der Waals surface area (Å²) >= 11 is 0. The average molecular weight is 294 g/mol. The van der Waals surface area contributed by atoms with Crippen LogP contribution in [0.1, 0.15) is 59.6 Å². The van der Waals surface area contributed by atoms with E-state index in [-0.39, 0.29) is 11.8 Å². The second-order valence-corrected chi connectivity index (χ2v) is 6.77. The lowest BCUT2D eigenvalue weighted by atomic mass is 9.90. The Kier molecular flexibility index (Phi) is 7.02. The monoisotopic (exact) mass is 294 g/mol. The Morgan fingerprint density at radius 1 is 1.38 bits per heavy atom. The number of hydrogen-bond donors (Lipinski definition) is 1. The van der Waals surface area contributed by atoms with Crippen molar-refractivity contribution in [2.75, 3.05) is 6.54 Å². The van der Waals surface area contributed by atoms with Crippen LogP contribution in [0.4, 0.5) is 0 Å². The van der Waals surface area contributed by atoms with E-state index in [1.165, 1.54) is 0 Å². The van der Waals surface area contributed by atoms with E-state index in [1.54, 1.807) is 0 Å². The fraction of sp³-hybridized carbons (Fsp3) is 0.812. The minimum absolute atomic E-state index is 0.0288. The number of rotatable bonds is 9. The van der Waals surface area contributed by atoms with E-state index in [9.17, 15) is 4.79 Å². The molecule has 0 spiro atoms. The number of carbonyl (C=O) groups excluding carboxylic acids is 1. The summed E-state index contributed by atoms with van der Waals surface area (Å²) in [5.74, 6) is 0.280. The number of ketones is 1. The lowest BCUT2D eigenvalue weighted by molar-refractivity contribution is -0.120. The van der Waals surface area contributed by atoms with Crippen molar-refractivity contribution >= 4 is 5.78 Å². The number of aryl methyl sites for hydroxylation is 1. The molecule has 21 heavy (non-hydrogen) atoms. The Labute approximate surface area is 128 Å². The third kappa shape index (κ3) is 6.85. The first kappa shape index (κ1) is 17.8. The van der Waals surface area contributed by atoms with Crippen molar-refractivity contribution in [1.29, 1.82) is 0 Å². The molecule has 0 radical (unpaired) electrons. The van der Waals surface area contributed by atoms with Crippen molar-refractivity contribution in [3.05, 3.63) is 11.9 Å². The zero-order valence-corrected chi connectivity index (χ0v) is 14.1. The molecule has 0 aliphatic carbocycles. The molecule has 0 aromatic carbocycles. The molecule has 5 nitrogen and oxygen atoms in total. The Bertz CT molecular complexity index is 434. The van der Waals surface area contributed by atoms with E-state index < -0.39 is 0 Å². The maximum atomic E-state index is 11.7. The molecule has 0 amide bonds. The van der Waals surface area contributed by atoms with Gasteiger partial charge in [-0.1, -0.05) is 39.8 Å². The standard InChI is InChI=1S/C16H30N4O/c1-6-14(15(21)7-2)17-10-11-20-12-13(18-19-20)8-9-16(3,4)5/h12,14,17H,6-11H2,1-5H3. The van der Waals surface area contributed by atoms with Gasteiger partial charge in [-0.05, 0) is 24.7 Å².